The standard InChI is InChI=1S/C25H49NO5/c1-3-5-7-9-10-11-12-13-14-15-17-19-23(29)25(31)26-21(20-27)24(30)22(28)18-16-8-6-4-2/h10-11,21-24,27-30H,3-9,12-20H2,1-2H3,(H,26,31)/b11-10-. The third kappa shape index (κ3) is 16.4. The number of aliphatic hydroxyl groups is 4. The molecule has 0 aromatic carbocycles. The highest BCUT2D eigenvalue weighted by atomic mass is 16.3. The van der Waals surface area contributed by atoms with Crippen molar-refractivity contribution >= 4 is 5.91 Å². The van der Waals surface area contributed by atoms with Crippen molar-refractivity contribution in [2.45, 2.75) is 135 Å². The van der Waals surface area contributed by atoms with Crippen molar-refractivity contribution in [1.82, 2.24) is 5.32 Å². The van der Waals surface area contributed by atoms with Crippen LogP contribution in [0.5, 0.6) is 0 Å². The van der Waals surface area contributed by atoms with Crippen LogP contribution in [-0.4, -0.2) is 57.3 Å². The van der Waals surface area contributed by atoms with E-state index < -0.39 is 36.9 Å². The SMILES string of the molecule is CCCCC/C=C\CCCCCCC(O)C(=O)NC(CO)C(O)C(O)CCCCCC. The Morgan fingerprint density at radius 2 is 1.29 bits per heavy atom. The average molecular weight is 444 g/mol. The zero-order chi connectivity index (χ0) is 23.3. The Morgan fingerprint density at radius 1 is 0.774 bits per heavy atom. The van der Waals surface area contributed by atoms with Crippen LogP contribution in [0.4, 0.5) is 0 Å². The monoisotopic (exact) mass is 443 g/mol. The molecule has 0 heterocycles. The molecule has 0 aromatic rings. The molecule has 6 nitrogen and oxygen atoms in total. The van der Waals surface area contributed by atoms with E-state index in [2.05, 4.69) is 31.3 Å². The van der Waals surface area contributed by atoms with E-state index in [1.54, 1.807) is 0 Å². The molecule has 1 amide bonds. The zero-order valence-corrected chi connectivity index (χ0v) is 20.0. The van der Waals surface area contributed by atoms with Crippen molar-refractivity contribution in [3.63, 3.8) is 0 Å². The van der Waals surface area contributed by atoms with E-state index >= 15 is 0 Å². The van der Waals surface area contributed by atoms with Gasteiger partial charge in [0.25, 0.3) is 0 Å². The van der Waals surface area contributed by atoms with Gasteiger partial charge in [0.15, 0.2) is 0 Å². The maximum atomic E-state index is 12.2. The van der Waals surface area contributed by atoms with Gasteiger partial charge in [-0.05, 0) is 38.5 Å². The van der Waals surface area contributed by atoms with Gasteiger partial charge in [0.05, 0.1) is 18.8 Å². The quantitative estimate of drug-likeness (QED) is 0.136. The summed E-state index contributed by atoms with van der Waals surface area (Å²) in [5.41, 5.74) is 0. The third-order valence-electron chi connectivity index (χ3n) is 5.73. The highest BCUT2D eigenvalue weighted by Gasteiger charge is 2.28. The molecule has 0 aliphatic heterocycles. The number of unbranched alkanes of at least 4 members (excludes halogenated alkanes) is 10. The van der Waals surface area contributed by atoms with E-state index in [1.165, 1.54) is 19.3 Å². The first-order valence-corrected chi connectivity index (χ1v) is 12.6. The predicted octanol–water partition coefficient (Wildman–Crippen LogP) is 3.99. The van der Waals surface area contributed by atoms with Gasteiger partial charge in [0, 0.05) is 0 Å². The molecule has 184 valence electrons. The van der Waals surface area contributed by atoms with Gasteiger partial charge >= 0.3 is 0 Å². The molecular weight excluding hydrogens is 394 g/mol. The minimum absolute atomic E-state index is 0.354. The fraction of sp³-hybridized carbons (Fsp3) is 0.880. The Balaban J connectivity index is 3.98. The van der Waals surface area contributed by atoms with Crippen molar-refractivity contribution in [3.8, 4) is 0 Å². The van der Waals surface area contributed by atoms with Gasteiger partial charge in [-0.25, -0.2) is 0 Å². The second kappa shape index (κ2) is 20.9. The number of carbonyl (C=O) groups is 1. The molecule has 0 aromatic heterocycles. The van der Waals surface area contributed by atoms with Crippen molar-refractivity contribution in [2.24, 2.45) is 0 Å². The summed E-state index contributed by atoms with van der Waals surface area (Å²) in [6, 6.07) is -0.979. The van der Waals surface area contributed by atoms with Crippen LogP contribution in [0, 0.1) is 0 Å². The molecule has 5 N–H and O–H groups in total. The number of amides is 1. The smallest absolute Gasteiger partial charge is 0.249 e. The first-order valence-electron chi connectivity index (χ1n) is 12.6. The van der Waals surface area contributed by atoms with Crippen LogP contribution in [0.25, 0.3) is 0 Å². The summed E-state index contributed by atoms with van der Waals surface area (Å²) < 4.78 is 0. The fourth-order valence-corrected chi connectivity index (χ4v) is 3.57. The van der Waals surface area contributed by atoms with Crippen molar-refractivity contribution in [2.75, 3.05) is 6.61 Å². The number of hydrogen-bond donors (Lipinski definition) is 5. The van der Waals surface area contributed by atoms with Gasteiger partial charge in [-0.3, -0.25) is 4.79 Å². The Bertz CT molecular complexity index is 444. The van der Waals surface area contributed by atoms with E-state index in [1.807, 2.05) is 0 Å². The first kappa shape index (κ1) is 30.0. The summed E-state index contributed by atoms with van der Waals surface area (Å²) in [4.78, 5) is 12.2. The number of nitrogens with one attached hydrogen (secondary N) is 1. The molecule has 0 saturated carbocycles. The van der Waals surface area contributed by atoms with Crippen molar-refractivity contribution in [1.29, 1.82) is 0 Å². The van der Waals surface area contributed by atoms with Crippen LogP contribution in [0.3, 0.4) is 0 Å². The largest absolute Gasteiger partial charge is 0.394 e. The fourth-order valence-electron chi connectivity index (χ4n) is 3.57. The molecule has 0 bridgehead atoms. The molecule has 0 spiro atoms. The number of allylic oxidation sites excluding steroid dienone is 2. The summed E-state index contributed by atoms with van der Waals surface area (Å²) >= 11 is 0. The van der Waals surface area contributed by atoms with Crippen LogP contribution >= 0.6 is 0 Å². The molecule has 31 heavy (non-hydrogen) atoms. The maximum absolute atomic E-state index is 12.2. The zero-order valence-electron chi connectivity index (χ0n) is 20.0. The van der Waals surface area contributed by atoms with Crippen molar-refractivity contribution in [3.05, 3.63) is 12.2 Å². The highest BCUT2D eigenvalue weighted by molar-refractivity contribution is 5.80. The van der Waals surface area contributed by atoms with Crippen LogP contribution in [-0.2, 0) is 4.79 Å². The van der Waals surface area contributed by atoms with Crippen LogP contribution in [0.15, 0.2) is 12.2 Å². The van der Waals surface area contributed by atoms with E-state index in [4.69, 9.17) is 0 Å². The molecule has 0 fully saturated rings. The summed E-state index contributed by atoms with van der Waals surface area (Å²) in [5.74, 6) is -0.605. The van der Waals surface area contributed by atoms with Crippen molar-refractivity contribution < 1.29 is 25.2 Å². The van der Waals surface area contributed by atoms with Crippen LogP contribution < -0.4 is 5.32 Å². The lowest BCUT2D eigenvalue weighted by Crippen LogP contribution is -2.53. The van der Waals surface area contributed by atoms with Gasteiger partial charge in [0.2, 0.25) is 5.91 Å². The summed E-state index contributed by atoms with van der Waals surface area (Å²) in [6.45, 7) is 3.82. The molecular formula is C25H49NO5. The Hall–Kier alpha value is -0.950. The number of rotatable bonds is 21. The molecule has 0 aliphatic carbocycles. The van der Waals surface area contributed by atoms with Gasteiger partial charge < -0.3 is 25.7 Å². The van der Waals surface area contributed by atoms with Crippen LogP contribution in [0.2, 0.25) is 0 Å². The lowest BCUT2D eigenvalue weighted by Gasteiger charge is -2.27. The lowest BCUT2D eigenvalue weighted by molar-refractivity contribution is -0.132. The van der Waals surface area contributed by atoms with Crippen LogP contribution in [0.1, 0.15) is 110 Å². The Morgan fingerprint density at radius 3 is 1.90 bits per heavy atom. The number of aliphatic hydroxyl groups excluding tert-OH is 4. The Kier molecular flexibility index (Phi) is 20.3. The summed E-state index contributed by atoms with van der Waals surface area (Å²) in [6.07, 6.45) is 15.7. The number of hydrogen-bond acceptors (Lipinski definition) is 5. The van der Waals surface area contributed by atoms with Gasteiger partial charge in [-0.1, -0.05) is 83.8 Å². The number of carbonyl (C=O) groups excluding carboxylic acids is 1. The second-order valence-electron chi connectivity index (χ2n) is 8.68. The maximum Gasteiger partial charge on any atom is 0.249 e. The normalized spacial score (nSPS) is 15.7. The molecule has 0 rings (SSSR count). The molecule has 6 heteroatoms. The second-order valence-corrected chi connectivity index (χ2v) is 8.68. The third-order valence-corrected chi connectivity index (χ3v) is 5.73. The van der Waals surface area contributed by atoms with Gasteiger partial charge in [-0.2, -0.15) is 0 Å². The van der Waals surface area contributed by atoms with E-state index in [0.29, 0.717) is 12.8 Å². The lowest BCUT2D eigenvalue weighted by atomic mass is 9.99. The molecule has 4 atom stereocenters. The minimum atomic E-state index is -1.25. The molecule has 0 radical (unpaired) electrons. The predicted molar refractivity (Wildman–Crippen MR) is 127 cm³/mol. The summed E-state index contributed by atoms with van der Waals surface area (Å²) in [7, 11) is 0. The Labute approximate surface area is 190 Å². The van der Waals surface area contributed by atoms with E-state index in [0.717, 1.165) is 64.2 Å². The topological polar surface area (TPSA) is 110 Å². The average Bonchev–Trinajstić information content (AvgIpc) is 2.77. The summed E-state index contributed by atoms with van der Waals surface area (Å²) in [5, 5.41) is 42.4. The van der Waals surface area contributed by atoms with E-state index in [-0.39, 0.29) is 0 Å². The van der Waals surface area contributed by atoms with E-state index in [9.17, 15) is 25.2 Å². The molecule has 0 aliphatic rings. The highest BCUT2D eigenvalue weighted by Crippen LogP contribution is 2.12. The molecule has 4 unspecified atom stereocenters. The molecule has 0 saturated heterocycles. The first-order chi connectivity index (χ1) is 15.0. The van der Waals surface area contributed by atoms with Gasteiger partial charge in [0.1, 0.15) is 12.2 Å². The van der Waals surface area contributed by atoms with Gasteiger partial charge in [-0.15, -0.1) is 0 Å². The minimum Gasteiger partial charge on any atom is -0.394 e.